The van der Waals surface area contributed by atoms with Crippen LogP contribution in [0.4, 0.5) is 0 Å². The van der Waals surface area contributed by atoms with Crippen molar-refractivity contribution < 1.29 is 14.7 Å². The first-order valence-corrected chi connectivity index (χ1v) is 6.22. The van der Waals surface area contributed by atoms with E-state index in [9.17, 15) is 14.7 Å². The Bertz CT molecular complexity index is 250. The minimum Gasteiger partial charge on any atom is -0.481 e. The molecular formula is C12H24N2O3. The smallest absolute Gasteiger partial charge is 0.311 e. The van der Waals surface area contributed by atoms with Crippen molar-refractivity contribution in [3.63, 3.8) is 0 Å². The van der Waals surface area contributed by atoms with Crippen LogP contribution in [-0.4, -0.2) is 30.1 Å². The monoisotopic (exact) mass is 244 g/mol. The number of carbonyl (C=O) groups is 2. The minimum atomic E-state index is -0.843. The SMILES string of the molecule is CCC(CC)(CNC(=O)CCCCN)C(=O)O. The maximum Gasteiger partial charge on any atom is 0.311 e. The minimum absolute atomic E-state index is 0.0917. The third kappa shape index (κ3) is 5.17. The van der Waals surface area contributed by atoms with Crippen LogP contribution in [0.2, 0.25) is 0 Å². The van der Waals surface area contributed by atoms with Gasteiger partial charge in [0.1, 0.15) is 0 Å². The Labute approximate surface area is 103 Å². The van der Waals surface area contributed by atoms with Gasteiger partial charge in [0.2, 0.25) is 5.91 Å². The molecule has 0 aliphatic heterocycles. The third-order valence-electron chi connectivity index (χ3n) is 3.29. The normalized spacial score (nSPS) is 11.2. The van der Waals surface area contributed by atoms with Crippen molar-refractivity contribution in [1.29, 1.82) is 0 Å². The predicted molar refractivity (Wildman–Crippen MR) is 66.6 cm³/mol. The van der Waals surface area contributed by atoms with Gasteiger partial charge >= 0.3 is 5.97 Å². The van der Waals surface area contributed by atoms with Gasteiger partial charge in [0.05, 0.1) is 5.41 Å². The summed E-state index contributed by atoms with van der Waals surface area (Å²) in [6.45, 7) is 4.45. The van der Waals surface area contributed by atoms with Gasteiger partial charge < -0.3 is 16.2 Å². The van der Waals surface area contributed by atoms with Gasteiger partial charge in [-0.2, -0.15) is 0 Å². The Kier molecular flexibility index (Phi) is 7.54. The molecule has 0 saturated heterocycles. The topological polar surface area (TPSA) is 92.4 Å². The van der Waals surface area contributed by atoms with E-state index in [2.05, 4.69) is 5.32 Å². The highest BCUT2D eigenvalue weighted by molar-refractivity contribution is 5.79. The van der Waals surface area contributed by atoms with Crippen LogP contribution >= 0.6 is 0 Å². The van der Waals surface area contributed by atoms with Gasteiger partial charge in [0.25, 0.3) is 0 Å². The lowest BCUT2D eigenvalue weighted by molar-refractivity contribution is -0.149. The number of rotatable bonds is 9. The quantitative estimate of drug-likeness (QED) is 0.530. The number of hydrogen-bond acceptors (Lipinski definition) is 3. The molecule has 1 amide bonds. The molecule has 0 fully saturated rings. The highest BCUT2D eigenvalue weighted by Crippen LogP contribution is 2.25. The summed E-state index contributed by atoms with van der Waals surface area (Å²) in [5.74, 6) is -0.935. The molecule has 0 aromatic rings. The number of amides is 1. The molecule has 0 aliphatic rings. The molecule has 0 unspecified atom stereocenters. The van der Waals surface area contributed by atoms with Crippen molar-refractivity contribution in [1.82, 2.24) is 5.32 Å². The van der Waals surface area contributed by atoms with Crippen molar-refractivity contribution in [2.24, 2.45) is 11.1 Å². The first-order chi connectivity index (χ1) is 8.02. The average molecular weight is 244 g/mol. The molecule has 0 atom stereocenters. The number of aliphatic carboxylic acids is 1. The van der Waals surface area contributed by atoms with Gasteiger partial charge in [-0.1, -0.05) is 13.8 Å². The summed E-state index contributed by atoms with van der Waals surface area (Å²) in [5.41, 5.74) is 4.50. The molecule has 0 rings (SSSR count). The molecule has 0 radical (unpaired) electrons. The molecule has 0 saturated carbocycles. The van der Waals surface area contributed by atoms with E-state index in [1.807, 2.05) is 13.8 Å². The lowest BCUT2D eigenvalue weighted by atomic mass is 9.82. The number of nitrogens with two attached hydrogens (primary N) is 1. The summed E-state index contributed by atoms with van der Waals surface area (Å²) in [6, 6.07) is 0. The molecule has 100 valence electrons. The predicted octanol–water partition coefficient (Wildman–Crippen LogP) is 1.12. The first-order valence-electron chi connectivity index (χ1n) is 6.22. The Morgan fingerprint density at radius 2 is 1.82 bits per heavy atom. The van der Waals surface area contributed by atoms with Crippen LogP contribution in [0.15, 0.2) is 0 Å². The third-order valence-corrected chi connectivity index (χ3v) is 3.29. The second-order valence-electron chi connectivity index (χ2n) is 4.32. The summed E-state index contributed by atoms with van der Waals surface area (Å²) >= 11 is 0. The molecule has 5 nitrogen and oxygen atoms in total. The maximum atomic E-state index is 11.5. The van der Waals surface area contributed by atoms with Crippen LogP contribution in [-0.2, 0) is 9.59 Å². The average Bonchev–Trinajstić information content (AvgIpc) is 2.31. The maximum absolute atomic E-state index is 11.5. The highest BCUT2D eigenvalue weighted by atomic mass is 16.4. The van der Waals surface area contributed by atoms with E-state index in [0.717, 1.165) is 12.8 Å². The first kappa shape index (κ1) is 15.9. The van der Waals surface area contributed by atoms with Gasteiger partial charge in [0.15, 0.2) is 0 Å². The van der Waals surface area contributed by atoms with Crippen LogP contribution < -0.4 is 11.1 Å². The van der Waals surface area contributed by atoms with Crippen LogP contribution in [0.3, 0.4) is 0 Å². The van der Waals surface area contributed by atoms with E-state index >= 15 is 0 Å². The standard InChI is InChI=1S/C12H24N2O3/c1-3-12(4-2,11(16)17)9-14-10(15)7-5-6-8-13/h3-9,13H2,1-2H3,(H,14,15)(H,16,17). The molecule has 0 bridgehead atoms. The van der Waals surface area contributed by atoms with E-state index in [1.54, 1.807) is 0 Å². The lowest BCUT2D eigenvalue weighted by Gasteiger charge is -2.26. The zero-order valence-corrected chi connectivity index (χ0v) is 10.8. The molecule has 0 spiro atoms. The van der Waals surface area contributed by atoms with Crippen molar-refractivity contribution in [3.05, 3.63) is 0 Å². The zero-order valence-electron chi connectivity index (χ0n) is 10.8. The van der Waals surface area contributed by atoms with E-state index in [4.69, 9.17) is 5.73 Å². The van der Waals surface area contributed by atoms with Crippen LogP contribution in [0, 0.1) is 5.41 Å². The molecule has 17 heavy (non-hydrogen) atoms. The fraction of sp³-hybridized carbons (Fsp3) is 0.833. The molecule has 0 aliphatic carbocycles. The number of carboxylic acid groups (broad SMARTS) is 1. The summed E-state index contributed by atoms with van der Waals surface area (Å²) < 4.78 is 0. The second kappa shape index (κ2) is 8.06. The number of hydrogen-bond donors (Lipinski definition) is 3. The summed E-state index contributed by atoms with van der Waals surface area (Å²) in [5, 5.41) is 11.9. The Balaban J connectivity index is 4.13. The molecule has 5 heteroatoms. The number of unbranched alkanes of at least 4 members (excludes halogenated alkanes) is 1. The molecule has 0 aromatic heterocycles. The van der Waals surface area contributed by atoms with Crippen molar-refractivity contribution >= 4 is 11.9 Å². The van der Waals surface area contributed by atoms with Crippen molar-refractivity contribution in [3.8, 4) is 0 Å². The Morgan fingerprint density at radius 1 is 1.24 bits per heavy atom. The second-order valence-corrected chi connectivity index (χ2v) is 4.32. The summed E-state index contributed by atoms with van der Waals surface area (Å²) in [7, 11) is 0. The van der Waals surface area contributed by atoms with Crippen molar-refractivity contribution in [2.75, 3.05) is 13.1 Å². The van der Waals surface area contributed by atoms with Gasteiger partial charge in [0, 0.05) is 13.0 Å². The number of carboxylic acids is 1. The van der Waals surface area contributed by atoms with E-state index in [0.29, 0.717) is 25.8 Å². The van der Waals surface area contributed by atoms with Gasteiger partial charge in [-0.05, 0) is 32.2 Å². The van der Waals surface area contributed by atoms with Crippen molar-refractivity contribution in [2.45, 2.75) is 46.0 Å². The van der Waals surface area contributed by atoms with E-state index < -0.39 is 11.4 Å². The summed E-state index contributed by atoms with van der Waals surface area (Å²) in [4.78, 5) is 22.7. The zero-order chi connectivity index (χ0) is 13.3. The highest BCUT2D eigenvalue weighted by Gasteiger charge is 2.34. The van der Waals surface area contributed by atoms with E-state index in [1.165, 1.54) is 0 Å². The summed E-state index contributed by atoms with van der Waals surface area (Å²) in [6.07, 6.45) is 3.02. The molecule has 4 N–H and O–H groups in total. The van der Waals surface area contributed by atoms with E-state index in [-0.39, 0.29) is 12.5 Å². The van der Waals surface area contributed by atoms with Gasteiger partial charge in [-0.15, -0.1) is 0 Å². The number of carbonyl (C=O) groups excluding carboxylic acids is 1. The fourth-order valence-electron chi connectivity index (χ4n) is 1.66. The fourth-order valence-corrected chi connectivity index (χ4v) is 1.66. The van der Waals surface area contributed by atoms with Crippen LogP contribution in [0.1, 0.15) is 46.0 Å². The largest absolute Gasteiger partial charge is 0.481 e. The van der Waals surface area contributed by atoms with Crippen LogP contribution in [0.5, 0.6) is 0 Å². The van der Waals surface area contributed by atoms with Gasteiger partial charge in [-0.25, -0.2) is 0 Å². The lowest BCUT2D eigenvalue weighted by Crippen LogP contribution is -2.42. The van der Waals surface area contributed by atoms with Gasteiger partial charge in [-0.3, -0.25) is 9.59 Å². The van der Waals surface area contributed by atoms with Crippen LogP contribution in [0.25, 0.3) is 0 Å². The Hall–Kier alpha value is -1.10. The molecule has 0 aromatic carbocycles. The molecular weight excluding hydrogens is 220 g/mol. The number of nitrogens with one attached hydrogen (secondary N) is 1. The Morgan fingerprint density at radius 3 is 2.24 bits per heavy atom. The molecule has 0 heterocycles.